The third-order valence-corrected chi connectivity index (χ3v) is 8.90. The Morgan fingerprint density at radius 1 is 0.571 bits per heavy atom. The van der Waals surface area contributed by atoms with Crippen LogP contribution in [0.5, 0.6) is 0 Å². The van der Waals surface area contributed by atoms with E-state index in [0.29, 0.717) is 11.4 Å². The summed E-state index contributed by atoms with van der Waals surface area (Å²) < 4.78 is 4.46. The van der Waals surface area contributed by atoms with Crippen LogP contribution >= 0.6 is 23.2 Å². The molecule has 2 unspecified atom stereocenters. The van der Waals surface area contributed by atoms with Crippen LogP contribution in [-0.4, -0.2) is 42.9 Å². The number of aromatic nitrogens is 2. The SMILES string of the molecule is CCn1c2ccccc2c2cc(N=C3C(=O)C(Cl)C(=Nc4ccc5c(c4)c4ccccc4n5CC)C(=O)C3Cl)ccc21. The summed E-state index contributed by atoms with van der Waals surface area (Å²) in [6.45, 7) is 5.84. The molecule has 1 fully saturated rings. The first-order valence-corrected chi connectivity index (χ1v) is 14.8. The molecule has 1 aliphatic rings. The largest absolute Gasteiger partial charge is 0.341 e. The smallest absolute Gasteiger partial charge is 0.203 e. The molecule has 0 spiro atoms. The van der Waals surface area contributed by atoms with Crippen molar-refractivity contribution in [3.63, 3.8) is 0 Å². The van der Waals surface area contributed by atoms with Gasteiger partial charge in [-0.3, -0.25) is 9.59 Å². The number of carbonyl (C=O) groups is 2. The summed E-state index contributed by atoms with van der Waals surface area (Å²) in [5.74, 6) is -1.04. The number of hydrogen-bond donors (Lipinski definition) is 0. The number of Topliss-reactive ketones (excluding diaryl/α,β-unsaturated/α-hetero) is 2. The molecule has 1 aliphatic carbocycles. The van der Waals surface area contributed by atoms with E-state index in [9.17, 15) is 9.59 Å². The Balaban J connectivity index is 1.27. The van der Waals surface area contributed by atoms with E-state index in [-0.39, 0.29) is 11.4 Å². The number of benzene rings is 4. The minimum Gasteiger partial charge on any atom is -0.341 e. The van der Waals surface area contributed by atoms with E-state index in [1.165, 1.54) is 0 Å². The molecule has 0 amide bonds. The molecule has 8 heteroatoms. The van der Waals surface area contributed by atoms with Gasteiger partial charge in [0.2, 0.25) is 11.6 Å². The molecule has 0 aliphatic heterocycles. The van der Waals surface area contributed by atoms with Crippen LogP contribution in [0.3, 0.4) is 0 Å². The van der Waals surface area contributed by atoms with Gasteiger partial charge < -0.3 is 9.13 Å². The van der Waals surface area contributed by atoms with Crippen molar-refractivity contribution in [1.82, 2.24) is 9.13 Å². The number of halogens is 2. The van der Waals surface area contributed by atoms with Crippen molar-refractivity contribution in [2.24, 2.45) is 9.98 Å². The molecule has 0 bridgehead atoms. The monoisotopic (exact) mass is 592 g/mol. The van der Waals surface area contributed by atoms with Crippen molar-refractivity contribution in [1.29, 1.82) is 0 Å². The lowest BCUT2D eigenvalue weighted by atomic mass is 9.92. The number of ketones is 2. The maximum atomic E-state index is 13.5. The van der Waals surface area contributed by atoms with Gasteiger partial charge in [-0.05, 0) is 62.4 Å². The van der Waals surface area contributed by atoms with Crippen LogP contribution in [0.15, 0.2) is 94.9 Å². The molecule has 6 nitrogen and oxygen atoms in total. The van der Waals surface area contributed by atoms with E-state index >= 15 is 0 Å². The molecule has 4 aromatic carbocycles. The Kier molecular flexibility index (Phi) is 6.48. The van der Waals surface area contributed by atoms with Crippen LogP contribution in [0.2, 0.25) is 0 Å². The van der Waals surface area contributed by atoms with Gasteiger partial charge in [0.15, 0.2) is 0 Å². The summed E-state index contributed by atoms with van der Waals surface area (Å²) >= 11 is 13.2. The fraction of sp³-hybridized carbons (Fsp3) is 0.176. The van der Waals surface area contributed by atoms with Gasteiger partial charge >= 0.3 is 0 Å². The second kappa shape index (κ2) is 10.2. The molecule has 7 rings (SSSR count). The quantitative estimate of drug-likeness (QED) is 0.194. The molecular weight excluding hydrogens is 567 g/mol. The standard InChI is InChI=1S/C34H26Cl2N4O2/c1-3-39-25-11-7-5-9-21(25)23-17-19(13-15-27(23)39)37-31-29(35)34(42)32(30(36)33(31)41)38-20-14-16-28-24(18-20)22-10-6-8-12-26(22)40(28)4-2/h5-18,29-30H,3-4H2,1-2H3. The van der Waals surface area contributed by atoms with Crippen LogP contribution in [0.25, 0.3) is 43.6 Å². The lowest BCUT2D eigenvalue weighted by Gasteiger charge is -2.22. The van der Waals surface area contributed by atoms with Crippen molar-refractivity contribution >= 4 is 101 Å². The molecular formula is C34H26Cl2N4O2. The molecule has 6 aromatic rings. The normalized spacial score (nSPS) is 19.8. The zero-order valence-corrected chi connectivity index (χ0v) is 24.5. The second-order valence-corrected chi connectivity index (χ2v) is 11.2. The highest BCUT2D eigenvalue weighted by molar-refractivity contribution is 6.79. The van der Waals surface area contributed by atoms with Gasteiger partial charge in [-0.15, -0.1) is 23.2 Å². The zero-order chi connectivity index (χ0) is 29.1. The molecule has 42 heavy (non-hydrogen) atoms. The molecule has 0 radical (unpaired) electrons. The maximum absolute atomic E-state index is 13.5. The summed E-state index contributed by atoms with van der Waals surface area (Å²) in [5.41, 5.74) is 5.31. The molecule has 1 saturated carbocycles. The van der Waals surface area contributed by atoms with E-state index in [0.717, 1.165) is 56.7 Å². The summed E-state index contributed by atoms with van der Waals surface area (Å²) in [4.78, 5) is 36.0. The van der Waals surface area contributed by atoms with Crippen LogP contribution in [0.4, 0.5) is 11.4 Å². The zero-order valence-electron chi connectivity index (χ0n) is 23.0. The van der Waals surface area contributed by atoms with Crippen molar-refractivity contribution in [3.05, 3.63) is 84.9 Å². The molecule has 2 heterocycles. The third kappa shape index (κ3) is 4.01. The fourth-order valence-corrected chi connectivity index (χ4v) is 6.70. The Labute approximate surface area is 251 Å². The minimum atomic E-state index is -1.29. The summed E-state index contributed by atoms with van der Waals surface area (Å²) in [6.07, 6.45) is 0. The molecule has 0 N–H and O–H groups in total. The second-order valence-electron chi connectivity index (χ2n) is 10.4. The van der Waals surface area contributed by atoms with Crippen LogP contribution in [-0.2, 0) is 22.7 Å². The van der Waals surface area contributed by atoms with E-state index in [4.69, 9.17) is 23.2 Å². The topological polar surface area (TPSA) is 68.7 Å². The maximum Gasteiger partial charge on any atom is 0.203 e. The predicted molar refractivity (Wildman–Crippen MR) is 174 cm³/mol. The lowest BCUT2D eigenvalue weighted by Crippen LogP contribution is -2.50. The Morgan fingerprint density at radius 3 is 1.36 bits per heavy atom. The summed E-state index contributed by atoms with van der Waals surface area (Å²) in [5, 5.41) is 1.63. The highest BCUT2D eigenvalue weighted by atomic mass is 35.5. The number of hydrogen-bond acceptors (Lipinski definition) is 4. The van der Waals surface area contributed by atoms with Crippen molar-refractivity contribution in [2.75, 3.05) is 0 Å². The van der Waals surface area contributed by atoms with E-state index in [1.807, 2.05) is 60.7 Å². The van der Waals surface area contributed by atoms with Crippen LogP contribution in [0.1, 0.15) is 13.8 Å². The van der Waals surface area contributed by atoms with Gasteiger partial charge in [0.05, 0.1) is 11.4 Å². The van der Waals surface area contributed by atoms with Gasteiger partial charge in [-0.25, -0.2) is 9.98 Å². The molecule has 2 aromatic heterocycles. The molecule has 0 saturated heterocycles. The number of aryl methyl sites for hydroxylation is 2. The number of rotatable bonds is 4. The number of nitrogens with zero attached hydrogens (tertiary/aromatic N) is 4. The van der Waals surface area contributed by atoms with Gasteiger partial charge in [0, 0.05) is 56.7 Å². The predicted octanol–water partition coefficient (Wildman–Crippen LogP) is 8.15. The average Bonchev–Trinajstić information content (AvgIpc) is 3.52. The van der Waals surface area contributed by atoms with Gasteiger partial charge in [-0.2, -0.15) is 0 Å². The Morgan fingerprint density at radius 2 is 0.952 bits per heavy atom. The van der Waals surface area contributed by atoms with Crippen LogP contribution in [0, 0.1) is 0 Å². The third-order valence-electron chi connectivity index (χ3n) is 8.09. The van der Waals surface area contributed by atoms with Crippen LogP contribution < -0.4 is 0 Å². The number of alkyl halides is 2. The highest BCUT2D eigenvalue weighted by Gasteiger charge is 2.44. The van der Waals surface area contributed by atoms with Crippen molar-refractivity contribution < 1.29 is 9.59 Å². The summed E-state index contributed by atoms with van der Waals surface area (Å²) in [7, 11) is 0. The number of aliphatic imine (C=N–C) groups is 2. The van der Waals surface area contributed by atoms with Gasteiger partial charge in [-0.1, -0.05) is 36.4 Å². The first-order valence-electron chi connectivity index (χ1n) is 14.0. The molecule has 208 valence electrons. The average molecular weight is 594 g/mol. The highest BCUT2D eigenvalue weighted by Crippen LogP contribution is 2.34. The Hall–Kier alpha value is -4.26. The summed E-state index contributed by atoms with van der Waals surface area (Å²) in [6, 6.07) is 27.8. The Bertz CT molecular complexity index is 2000. The molecule has 2 atom stereocenters. The number of carbonyl (C=O) groups excluding carboxylic acids is 2. The van der Waals surface area contributed by atoms with Gasteiger partial charge in [0.1, 0.15) is 22.2 Å². The van der Waals surface area contributed by atoms with Gasteiger partial charge in [0.25, 0.3) is 0 Å². The first kappa shape index (κ1) is 26.6. The number of fused-ring (bicyclic) bond motifs is 6. The van der Waals surface area contributed by atoms with Crippen molar-refractivity contribution in [3.8, 4) is 0 Å². The van der Waals surface area contributed by atoms with E-state index in [1.54, 1.807) is 0 Å². The van der Waals surface area contributed by atoms with E-state index in [2.05, 4.69) is 57.2 Å². The first-order chi connectivity index (χ1) is 20.4. The number of para-hydroxylation sites is 2. The van der Waals surface area contributed by atoms with E-state index < -0.39 is 22.3 Å². The lowest BCUT2D eigenvalue weighted by molar-refractivity contribution is -0.116. The van der Waals surface area contributed by atoms with Crippen molar-refractivity contribution in [2.45, 2.75) is 37.7 Å². The minimum absolute atomic E-state index is 0.0688. The fourth-order valence-electron chi connectivity index (χ4n) is 6.16.